The smallest absolute Gasteiger partial charge is 0.181 e. The maximum atomic E-state index is 4.62. The summed E-state index contributed by atoms with van der Waals surface area (Å²) in [6, 6.07) is 0. The number of aryl methyl sites for hydroxylation is 1. The molecule has 0 bridgehead atoms. The number of hydrogen-bond donors (Lipinski definition) is 1. The molecule has 2 aromatic heterocycles. The van der Waals surface area contributed by atoms with Crippen molar-refractivity contribution in [2.24, 2.45) is 0 Å². The average Bonchev–Trinajstić information content (AvgIpc) is 2.95. The zero-order valence-electron chi connectivity index (χ0n) is 9.65. The van der Waals surface area contributed by atoms with Gasteiger partial charge in [-0.15, -0.1) is 11.3 Å². The van der Waals surface area contributed by atoms with Gasteiger partial charge >= 0.3 is 0 Å². The van der Waals surface area contributed by atoms with Gasteiger partial charge in [-0.2, -0.15) is 11.8 Å². The monoisotopic (exact) mass is 264 g/mol. The highest BCUT2D eigenvalue weighted by molar-refractivity contribution is 7.98. The minimum absolute atomic E-state index is 0.736. The van der Waals surface area contributed by atoms with Gasteiger partial charge in [0, 0.05) is 29.5 Å². The van der Waals surface area contributed by atoms with Crippen LogP contribution in [0, 0.1) is 6.92 Å². The van der Waals surface area contributed by atoms with Crippen molar-refractivity contribution in [3.05, 3.63) is 21.6 Å². The molecular formula is C11H12N4S2. The lowest BCUT2D eigenvalue weighted by atomic mass is 10.2. The lowest BCUT2D eigenvalue weighted by molar-refractivity contribution is 1.06. The molecule has 2 aromatic rings. The number of rotatable bonds is 2. The van der Waals surface area contributed by atoms with E-state index in [2.05, 4.69) is 20.3 Å². The average molecular weight is 264 g/mol. The Hall–Kier alpha value is -1.14. The van der Waals surface area contributed by atoms with Gasteiger partial charge in [-0.25, -0.2) is 15.0 Å². The first-order chi connectivity index (χ1) is 8.28. The fraction of sp³-hybridized carbons (Fsp3) is 0.364. The van der Waals surface area contributed by atoms with Crippen molar-refractivity contribution in [2.45, 2.75) is 18.4 Å². The summed E-state index contributed by atoms with van der Waals surface area (Å²) in [7, 11) is 1.90. The SMILES string of the molecule is CNc1nc(-c2csc(C)n2)nc2c1CSC2. The number of hydrogen-bond acceptors (Lipinski definition) is 6. The highest BCUT2D eigenvalue weighted by Crippen LogP contribution is 2.34. The molecule has 1 aliphatic rings. The van der Waals surface area contributed by atoms with Crippen LogP contribution in [0.2, 0.25) is 0 Å². The highest BCUT2D eigenvalue weighted by Gasteiger charge is 2.20. The van der Waals surface area contributed by atoms with Crippen LogP contribution in [0.1, 0.15) is 16.3 Å². The summed E-state index contributed by atoms with van der Waals surface area (Å²) in [6.07, 6.45) is 0. The first kappa shape index (κ1) is 11.0. The molecule has 3 rings (SSSR count). The van der Waals surface area contributed by atoms with Crippen molar-refractivity contribution in [1.82, 2.24) is 15.0 Å². The van der Waals surface area contributed by atoms with Crippen molar-refractivity contribution < 1.29 is 0 Å². The summed E-state index contributed by atoms with van der Waals surface area (Å²) < 4.78 is 0. The number of nitrogens with zero attached hydrogens (tertiary/aromatic N) is 3. The minimum atomic E-state index is 0.736. The van der Waals surface area contributed by atoms with Crippen LogP contribution in [0.4, 0.5) is 5.82 Å². The van der Waals surface area contributed by atoms with Crippen LogP contribution in [0.3, 0.4) is 0 Å². The fourth-order valence-corrected chi connectivity index (χ4v) is 3.47. The van der Waals surface area contributed by atoms with Gasteiger partial charge in [-0.1, -0.05) is 0 Å². The van der Waals surface area contributed by atoms with Crippen LogP contribution in [0.25, 0.3) is 11.5 Å². The summed E-state index contributed by atoms with van der Waals surface area (Å²) in [6.45, 7) is 2.00. The van der Waals surface area contributed by atoms with E-state index in [0.717, 1.165) is 39.5 Å². The number of thioether (sulfide) groups is 1. The third-order valence-corrected chi connectivity index (χ3v) is 4.41. The Bertz CT molecular complexity index is 565. The summed E-state index contributed by atoms with van der Waals surface area (Å²) in [4.78, 5) is 13.6. The molecule has 0 atom stereocenters. The van der Waals surface area contributed by atoms with Crippen molar-refractivity contribution in [1.29, 1.82) is 0 Å². The summed E-state index contributed by atoms with van der Waals surface area (Å²) in [5, 5.41) is 6.21. The lowest BCUT2D eigenvalue weighted by Crippen LogP contribution is -2.03. The maximum absolute atomic E-state index is 4.62. The molecule has 17 heavy (non-hydrogen) atoms. The molecule has 0 saturated carbocycles. The van der Waals surface area contributed by atoms with Crippen LogP contribution >= 0.6 is 23.1 Å². The van der Waals surface area contributed by atoms with E-state index in [1.807, 2.05) is 31.1 Å². The lowest BCUT2D eigenvalue weighted by Gasteiger charge is -2.07. The van der Waals surface area contributed by atoms with E-state index < -0.39 is 0 Å². The number of aromatic nitrogens is 3. The van der Waals surface area contributed by atoms with E-state index in [-0.39, 0.29) is 0 Å². The molecule has 6 heteroatoms. The van der Waals surface area contributed by atoms with Gasteiger partial charge in [0.1, 0.15) is 11.5 Å². The Morgan fingerprint density at radius 3 is 2.82 bits per heavy atom. The second-order valence-electron chi connectivity index (χ2n) is 3.82. The second kappa shape index (κ2) is 4.27. The minimum Gasteiger partial charge on any atom is -0.373 e. The molecule has 0 saturated heterocycles. The number of anilines is 1. The molecule has 3 heterocycles. The number of thiazole rings is 1. The quantitative estimate of drug-likeness (QED) is 0.903. The number of fused-ring (bicyclic) bond motifs is 1. The van der Waals surface area contributed by atoms with E-state index >= 15 is 0 Å². The zero-order valence-corrected chi connectivity index (χ0v) is 11.3. The van der Waals surface area contributed by atoms with Crippen LogP contribution in [0.15, 0.2) is 5.38 Å². The first-order valence-corrected chi connectivity index (χ1v) is 7.39. The molecule has 0 unspecified atom stereocenters. The van der Waals surface area contributed by atoms with Gasteiger partial charge in [-0.3, -0.25) is 0 Å². The standard InChI is InChI=1S/C11H12N4S2/c1-6-13-9(5-17-6)11-14-8-4-16-3-7(8)10(12-2)15-11/h5H,3-4H2,1-2H3,(H,12,14,15). The van der Waals surface area contributed by atoms with E-state index in [4.69, 9.17) is 0 Å². The predicted octanol–water partition coefficient (Wildman–Crippen LogP) is 2.70. The highest BCUT2D eigenvalue weighted by atomic mass is 32.2. The molecule has 0 aliphatic carbocycles. The van der Waals surface area contributed by atoms with Crippen LogP contribution in [-0.2, 0) is 11.5 Å². The van der Waals surface area contributed by atoms with Gasteiger partial charge in [0.05, 0.1) is 10.7 Å². The van der Waals surface area contributed by atoms with Crippen molar-refractivity contribution in [3.8, 4) is 11.5 Å². The van der Waals surface area contributed by atoms with Crippen LogP contribution < -0.4 is 5.32 Å². The van der Waals surface area contributed by atoms with Gasteiger partial charge in [0.15, 0.2) is 5.82 Å². The third kappa shape index (κ3) is 1.91. The Morgan fingerprint density at radius 2 is 2.12 bits per heavy atom. The molecule has 88 valence electrons. The van der Waals surface area contributed by atoms with Crippen molar-refractivity contribution in [3.63, 3.8) is 0 Å². The largest absolute Gasteiger partial charge is 0.373 e. The number of nitrogens with one attached hydrogen (secondary N) is 1. The van der Waals surface area contributed by atoms with Crippen LogP contribution in [0.5, 0.6) is 0 Å². The summed E-state index contributed by atoms with van der Waals surface area (Å²) >= 11 is 3.51. The first-order valence-electron chi connectivity index (χ1n) is 5.35. The van der Waals surface area contributed by atoms with Crippen molar-refractivity contribution >= 4 is 28.9 Å². The van der Waals surface area contributed by atoms with Gasteiger partial charge in [-0.05, 0) is 6.92 Å². The van der Waals surface area contributed by atoms with Gasteiger partial charge in [0.2, 0.25) is 0 Å². The van der Waals surface area contributed by atoms with Crippen molar-refractivity contribution in [2.75, 3.05) is 12.4 Å². The Labute approximate surface area is 108 Å². The Kier molecular flexibility index (Phi) is 2.76. The molecule has 4 nitrogen and oxygen atoms in total. The molecule has 0 radical (unpaired) electrons. The molecule has 1 aliphatic heterocycles. The molecule has 0 spiro atoms. The molecule has 0 aromatic carbocycles. The van der Waals surface area contributed by atoms with E-state index in [0.29, 0.717) is 0 Å². The predicted molar refractivity (Wildman–Crippen MR) is 72.4 cm³/mol. The molecule has 1 N–H and O–H groups in total. The molecular weight excluding hydrogens is 252 g/mol. The molecule has 0 amide bonds. The molecule has 0 fully saturated rings. The van der Waals surface area contributed by atoms with Gasteiger partial charge < -0.3 is 5.32 Å². The normalized spacial score (nSPS) is 13.8. The van der Waals surface area contributed by atoms with E-state index in [9.17, 15) is 0 Å². The van der Waals surface area contributed by atoms with E-state index in [1.54, 1.807) is 11.3 Å². The zero-order chi connectivity index (χ0) is 11.8. The second-order valence-corrected chi connectivity index (χ2v) is 5.86. The summed E-state index contributed by atoms with van der Waals surface area (Å²) in [5.41, 5.74) is 3.27. The Balaban J connectivity index is 2.12. The maximum Gasteiger partial charge on any atom is 0.181 e. The van der Waals surface area contributed by atoms with Gasteiger partial charge in [0.25, 0.3) is 0 Å². The van der Waals surface area contributed by atoms with E-state index in [1.165, 1.54) is 5.56 Å². The fourth-order valence-electron chi connectivity index (χ4n) is 1.84. The third-order valence-electron chi connectivity index (χ3n) is 2.66. The van der Waals surface area contributed by atoms with Crippen LogP contribution in [-0.4, -0.2) is 22.0 Å². The summed E-state index contributed by atoms with van der Waals surface area (Å²) in [5.74, 6) is 3.66. The Morgan fingerprint density at radius 1 is 1.24 bits per heavy atom. The topological polar surface area (TPSA) is 50.7 Å².